The fourth-order valence-corrected chi connectivity index (χ4v) is 3.11. The van der Waals surface area contributed by atoms with Crippen LogP contribution in [0.2, 0.25) is 0 Å². The van der Waals surface area contributed by atoms with Gasteiger partial charge in [-0.15, -0.1) is 0 Å². The van der Waals surface area contributed by atoms with Crippen LogP contribution in [0.1, 0.15) is 42.6 Å². The van der Waals surface area contributed by atoms with Gasteiger partial charge in [0.05, 0.1) is 6.54 Å². The summed E-state index contributed by atoms with van der Waals surface area (Å²) in [7, 11) is 0. The normalized spacial score (nSPS) is 20.9. The second kappa shape index (κ2) is 7.85. The summed E-state index contributed by atoms with van der Waals surface area (Å²) in [6.07, 6.45) is 0.146. The van der Waals surface area contributed by atoms with Crippen LogP contribution in [0, 0.1) is 12.8 Å². The molecule has 0 bridgehead atoms. The minimum atomic E-state index is -2.42. The molecular formula is C19H25FN2O4. The van der Waals surface area contributed by atoms with E-state index in [9.17, 15) is 18.8 Å². The lowest BCUT2D eigenvalue weighted by Crippen LogP contribution is -2.50. The number of aryl methyl sites for hydroxylation is 1. The van der Waals surface area contributed by atoms with E-state index in [1.807, 2.05) is 19.9 Å². The van der Waals surface area contributed by atoms with Crippen LogP contribution in [0.3, 0.4) is 0 Å². The number of halogens is 1. The number of rotatable bonds is 6. The molecule has 1 fully saturated rings. The number of carbonyl (C=O) groups is 3. The molecule has 1 aromatic carbocycles. The number of hydrogen-bond donors (Lipinski definition) is 2. The molecule has 1 saturated heterocycles. The molecule has 2 atom stereocenters. The van der Waals surface area contributed by atoms with Crippen molar-refractivity contribution in [1.82, 2.24) is 10.2 Å². The van der Waals surface area contributed by atoms with Crippen LogP contribution in [-0.4, -0.2) is 52.6 Å². The van der Waals surface area contributed by atoms with Crippen molar-refractivity contribution in [3.05, 3.63) is 35.4 Å². The van der Waals surface area contributed by atoms with Gasteiger partial charge in [0, 0.05) is 18.5 Å². The van der Waals surface area contributed by atoms with Gasteiger partial charge in [-0.25, -0.2) is 9.18 Å². The molecule has 1 aromatic rings. The van der Waals surface area contributed by atoms with Gasteiger partial charge in [0.1, 0.15) is 6.04 Å². The minimum Gasteiger partial charge on any atom is -0.479 e. The van der Waals surface area contributed by atoms with E-state index in [4.69, 9.17) is 5.11 Å². The van der Waals surface area contributed by atoms with E-state index < -0.39 is 30.1 Å². The maximum atomic E-state index is 14.3. The molecule has 2 N–H and O–H groups in total. The molecule has 2 rings (SSSR count). The molecule has 1 aliphatic heterocycles. The zero-order chi connectivity index (χ0) is 19.5. The van der Waals surface area contributed by atoms with Crippen molar-refractivity contribution in [2.75, 3.05) is 13.1 Å². The standard InChI is InChI=1S/C19H25FN2O4/c1-12(2)10-15(21-16(23)14-7-5-4-6-13(14)3)17(24)22-9-8-19(20,11-22)18(25)26/h4-7,12,15H,8-11H2,1-3H3,(H,21,23)(H,25,26). The molecule has 26 heavy (non-hydrogen) atoms. The van der Waals surface area contributed by atoms with Gasteiger partial charge in [-0.3, -0.25) is 9.59 Å². The average Bonchev–Trinajstić information content (AvgIpc) is 2.97. The van der Waals surface area contributed by atoms with Gasteiger partial charge < -0.3 is 15.3 Å². The Bertz CT molecular complexity index is 707. The molecule has 0 radical (unpaired) electrons. The highest BCUT2D eigenvalue weighted by Crippen LogP contribution is 2.27. The molecule has 1 aliphatic rings. The number of amides is 2. The van der Waals surface area contributed by atoms with Crippen LogP contribution >= 0.6 is 0 Å². The second-order valence-electron chi connectivity index (χ2n) is 7.25. The SMILES string of the molecule is Cc1ccccc1C(=O)NC(CC(C)C)C(=O)N1CCC(F)(C(=O)O)C1. The highest BCUT2D eigenvalue weighted by Gasteiger charge is 2.47. The van der Waals surface area contributed by atoms with Gasteiger partial charge >= 0.3 is 5.97 Å². The quantitative estimate of drug-likeness (QED) is 0.810. The van der Waals surface area contributed by atoms with E-state index in [0.717, 1.165) is 5.56 Å². The molecule has 6 nitrogen and oxygen atoms in total. The lowest BCUT2D eigenvalue weighted by molar-refractivity contribution is -0.150. The molecule has 0 saturated carbocycles. The maximum absolute atomic E-state index is 14.3. The Morgan fingerprint density at radius 1 is 1.31 bits per heavy atom. The highest BCUT2D eigenvalue weighted by molar-refractivity contribution is 5.98. The lowest BCUT2D eigenvalue weighted by Gasteiger charge is -2.26. The van der Waals surface area contributed by atoms with Crippen LogP contribution in [0.5, 0.6) is 0 Å². The van der Waals surface area contributed by atoms with Crippen LogP contribution in [-0.2, 0) is 9.59 Å². The molecule has 0 spiro atoms. The number of benzene rings is 1. The number of carboxylic acid groups (broad SMARTS) is 1. The molecule has 2 unspecified atom stereocenters. The molecule has 0 aromatic heterocycles. The predicted octanol–water partition coefficient (Wildman–Crippen LogP) is 2.16. The monoisotopic (exact) mass is 364 g/mol. The second-order valence-corrected chi connectivity index (χ2v) is 7.25. The van der Waals surface area contributed by atoms with E-state index in [1.54, 1.807) is 25.1 Å². The van der Waals surface area contributed by atoms with Crippen molar-refractivity contribution < 1.29 is 23.9 Å². The third-order valence-corrected chi connectivity index (χ3v) is 4.61. The van der Waals surface area contributed by atoms with Gasteiger partial charge in [0.15, 0.2) is 0 Å². The van der Waals surface area contributed by atoms with E-state index in [0.29, 0.717) is 12.0 Å². The lowest BCUT2D eigenvalue weighted by atomic mass is 10.0. The Hall–Kier alpha value is -2.44. The van der Waals surface area contributed by atoms with Crippen LogP contribution < -0.4 is 5.32 Å². The number of nitrogens with one attached hydrogen (secondary N) is 1. The number of likely N-dealkylation sites (tertiary alicyclic amines) is 1. The maximum Gasteiger partial charge on any atom is 0.343 e. The van der Waals surface area contributed by atoms with Crippen molar-refractivity contribution in [3.63, 3.8) is 0 Å². The number of carboxylic acids is 1. The number of nitrogens with zero attached hydrogens (tertiary/aromatic N) is 1. The van der Waals surface area contributed by atoms with E-state index in [2.05, 4.69) is 5.32 Å². The summed E-state index contributed by atoms with van der Waals surface area (Å²) >= 11 is 0. The topological polar surface area (TPSA) is 86.7 Å². The van der Waals surface area contributed by atoms with Crippen molar-refractivity contribution in [1.29, 1.82) is 0 Å². The van der Waals surface area contributed by atoms with Crippen LogP contribution in [0.25, 0.3) is 0 Å². The first-order valence-electron chi connectivity index (χ1n) is 8.71. The summed E-state index contributed by atoms with van der Waals surface area (Å²) in [5, 5.41) is 11.7. The molecular weight excluding hydrogens is 339 g/mol. The molecule has 0 aliphatic carbocycles. The first kappa shape index (κ1) is 19.9. The van der Waals surface area contributed by atoms with Crippen molar-refractivity contribution >= 4 is 17.8 Å². The van der Waals surface area contributed by atoms with Crippen molar-refractivity contribution in [2.24, 2.45) is 5.92 Å². The van der Waals surface area contributed by atoms with E-state index in [1.165, 1.54) is 4.90 Å². The number of hydrogen-bond acceptors (Lipinski definition) is 3. The Morgan fingerprint density at radius 2 is 1.96 bits per heavy atom. The van der Waals surface area contributed by atoms with Gasteiger partial charge in [0.2, 0.25) is 11.6 Å². The summed E-state index contributed by atoms with van der Waals surface area (Å²) in [5.41, 5.74) is -1.16. The third kappa shape index (κ3) is 4.39. The fourth-order valence-electron chi connectivity index (χ4n) is 3.11. The summed E-state index contributed by atoms with van der Waals surface area (Å²) in [6.45, 7) is 5.17. The van der Waals surface area contributed by atoms with Gasteiger partial charge in [-0.1, -0.05) is 32.0 Å². The highest BCUT2D eigenvalue weighted by atomic mass is 19.1. The first-order chi connectivity index (χ1) is 12.1. The Labute approximate surface area is 152 Å². The van der Waals surface area contributed by atoms with Gasteiger partial charge in [-0.05, 0) is 30.9 Å². The third-order valence-electron chi connectivity index (χ3n) is 4.61. The summed E-state index contributed by atoms with van der Waals surface area (Å²) < 4.78 is 14.3. The summed E-state index contributed by atoms with van der Waals surface area (Å²) in [6, 6.07) is 6.22. The molecule has 142 valence electrons. The predicted molar refractivity (Wildman–Crippen MR) is 94.6 cm³/mol. The van der Waals surface area contributed by atoms with Crippen molar-refractivity contribution in [2.45, 2.75) is 45.3 Å². The average molecular weight is 364 g/mol. The largest absolute Gasteiger partial charge is 0.479 e. The molecule has 7 heteroatoms. The van der Waals surface area contributed by atoms with Gasteiger partial charge in [0.25, 0.3) is 5.91 Å². The summed E-state index contributed by atoms with van der Waals surface area (Å²) in [5.74, 6) is -2.25. The number of carbonyl (C=O) groups excluding carboxylic acids is 2. The first-order valence-corrected chi connectivity index (χ1v) is 8.71. The Kier molecular flexibility index (Phi) is 6.00. The zero-order valence-electron chi connectivity index (χ0n) is 15.3. The van der Waals surface area contributed by atoms with Crippen LogP contribution in [0.4, 0.5) is 4.39 Å². The summed E-state index contributed by atoms with van der Waals surface area (Å²) in [4.78, 5) is 37.6. The molecule has 1 heterocycles. The fraction of sp³-hybridized carbons (Fsp3) is 0.526. The van der Waals surface area contributed by atoms with Gasteiger partial charge in [-0.2, -0.15) is 0 Å². The van der Waals surface area contributed by atoms with Crippen LogP contribution in [0.15, 0.2) is 24.3 Å². The van der Waals surface area contributed by atoms with E-state index >= 15 is 0 Å². The Morgan fingerprint density at radius 3 is 2.50 bits per heavy atom. The molecule has 2 amide bonds. The van der Waals surface area contributed by atoms with E-state index in [-0.39, 0.29) is 24.8 Å². The minimum absolute atomic E-state index is 0.0243. The zero-order valence-corrected chi connectivity index (χ0v) is 15.3. The van der Waals surface area contributed by atoms with Crippen molar-refractivity contribution in [3.8, 4) is 0 Å². The number of aliphatic carboxylic acids is 1. The smallest absolute Gasteiger partial charge is 0.343 e. The Balaban J connectivity index is 2.14. The number of alkyl halides is 1.